The fraction of sp³-hybridized carbons (Fsp3) is 0.412. The van der Waals surface area contributed by atoms with Crippen molar-refractivity contribution in [2.75, 3.05) is 38.2 Å². The molecule has 1 aromatic heterocycles. The molecule has 0 radical (unpaired) electrons. The minimum Gasteiger partial charge on any atom is -0.465 e. The Morgan fingerprint density at radius 1 is 1.19 bits per heavy atom. The van der Waals surface area contributed by atoms with Gasteiger partial charge in [-0.2, -0.15) is 4.31 Å². The standard InChI is InChI=1S/C17H21N3O5S/c1-12-16(13(2)25-18-12)26(22,23)20-9-7-19(8-10-20)15-6-4-5-14(11-15)17(21)24-3/h4-6,11H,7-10H2,1-3H3. The summed E-state index contributed by atoms with van der Waals surface area (Å²) in [5.74, 6) is -0.0952. The fourth-order valence-electron chi connectivity index (χ4n) is 3.11. The van der Waals surface area contributed by atoms with Crippen LogP contribution in [0.15, 0.2) is 33.7 Å². The minimum absolute atomic E-state index is 0.152. The average Bonchev–Trinajstić information content (AvgIpc) is 3.00. The fourth-order valence-corrected chi connectivity index (χ4v) is 4.82. The molecule has 0 atom stereocenters. The van der Waals surface area contributed by atoms with Crippen molar-refractivity contribution in [3.8, 4) is 0 Å². The molecule has 0 aliphatic carbocycles. The van der Waals surface area contributed by atoms with E-state index in [1.165, 1.54) is 11.4 Å². The largest absolute Gasteiger partial charge is 0.465 e. The lowest BCUT2D eigenvalue weighted by Gasteiger charge is -2.35. The molecule has 2 aromatic rings. The molecule has 1 fully saturated rings. The Morgan fingerprint density at radius 2 is 1.88 bits per heavy atom. The van der Waals surface area contributed by atoms with Gasteiger partial charge in [0.2, 0.25) is 10.0 Å². The molecule has 0 saturated carbocycles. The van der Waals surface area contributed by atoms with Crippen LogP contribution >= 0.6 is 0 Å². The summed E-state index contributed by atoms with van der Waals surface area (Å²) < 4.78 is 36.9. The summed E-state index contributed by atoms with van der Waals surface area (Å²) in [5.41, 5.74) is 1.70. The van der Waals surface area contributed by atoms with Gasteiger partial charge in [-0.05, 0) is 32.0 Å². The van der Waals surface area contributed by atoms with E-state index in [0.717, 1.165) is 5.69 Å². The molecule has 8 nitrogen and oxygen atoms in total. The first kappa shape index (κ1) is 18.4. The number of piperazine rings is 1. The van der Waals surface area contributed by atoms with Crippen molar-refractivity contribution in [3.05, 3.63) is 41.3 Å². The SMILES string of the molecule is COC(=O)c1cccc(N2CCN(S(=O)(=O)c3c(C)noc3C)CC2)c1. The topological polar surface area (TPSA) is 93.0 Å². The van der Waals surface area contributed by atoms with Crippen LogP contribution in [0.25, 0.3) is 0 Å². The minimum atomic E-state index is -3.63. The molecule has 26 heavy (non-hydrogen) atoms. The number of hydrogen-bond acceptors (Lipinski definition) is 7. The van der Waals surface area contributed by atoms with Gasteiger partial charge in [0.1, 0.15) is 10.6 Å². The lowest BCUT2D eigenvalue weighted by atomic mass is 10.2. The van der Waals surface area contributed by atoms with Gasteiger partial charge in [0.15, 0.2) is 5.76 Å². The Kier molecular flexibility index (Phi) is 5.01. The molecule has 0 amide bonds. The van der Waals surface area contributed by atoms with Gasteiger partial charge < -0.3 is 14.2 Å². The van der Waals surface area contributed by atoms with Crippen molar-refractivity contribution in [3.63, 3.8) is 0 Å². The number of nitrogens with zero attached hydrogens (tertiary/aromatic N) is 3. The van der Waals surface area contributed by atoms with Crippen LogP contribution in [-0.4, -0.2) is 57.1 Å². The van der Waals surface area contributed by atoms with Crippen molar-refractivity contribution in [1.29, 1.82) is 0 Å². The van der Waals surface area contributed by atoms with E-state index in [1.54, 1.807) is 32.0 Å². The number of aromatic nitrogens is 1. The number of methoxy groups -OCH3 is 1. The number of sulfonamides is 1. The molecule has 9 heteroatoms. The van der Waals surface area contributed by atoms with Crippen LogP contribution in [0.1, 0.15) is 21.8 Å². The number of rotatable bonds is 4. The van der Waals surface area contributed by atoms with Crippen LogP contribution in [0, 0.1) is 13.8 Å². The lowest BCUT2D eigenvalue weighted by molar-refractivity contribution is 0.0600. The van der Waals surface area contributed by atoms with E-state index in [-0.39, 0.29) is 4.90 Å². The number of carbonyl (C=O) groups excluding carboxylic acids is 1. The molecule has 140 valence electrons. The molecule has 1 saturated heterocycles. The summed E-state index contributed by atoms with van der Waals surface area (Å²) in [4.78, 5) is 13.9. The quantitative estimate of drug-likeness (QED) is 0.745. The van der Waals surface area contributed by atoms with Crippen molar-refractivity contribution in [2.45, 2.75) is 18.7 Å². The van der Waals surface area contributed by atoms with E-state index in [1.807, 2.05) is 11.0 Å². The van der Waals surface area contributed by atoms with E-state index in [0.29, 0.717) is 43.2 Å². The molecule has 1 aliphatic rings. The number of ether oxygens (including phenoxy) is 1. The first-order valence-electron chi connectivity index (χ1n) is 8.21. The second-order valence-corrected chi connectivity index (χ2v) is 7.96. The van der Waals surface area contributed by atoms with E-state index in [4.69, 9.17) is 9.26 Å². The summed E-state index contributed by atoms with van der Waals surface area (Å²) in [6, 6.07) is 7.12. The third-order valence-corrected chi connectivity index (χ3v) is 6.58. The van der Waals surface area contributed by atoms with Crippen LogP contribution < -0.4 is 4.90 Å². The van der Waals surface area contributed by atoms with E-state index >= 15 is 0 Å². The molecular formula is C17H21N3O5S. The number of aryl methyl sites for hydroxylation is 2. The van der Waals surface area contributed by atoms with Crippen molar-refractivity contribution in [2.24, 2.45) is 0 Å². The van der Waals surface area contributed by atoms with Crippen LogP contribution in [-0.2, 0) is 14.8 Å². The smallest absolute Gasteiger partial charge is 0.337 e. The van der Waals surface area contributed by atoms with Gasteiger partial charge in [0.25, 0.3) is 0 Å². The normalized spacial score (nSPS) is 15.9. The average molecular weight is 379 g/mol. The highest BCUT2D eigenvalue weighted by atomic mass is 32.2. The van der Waals surface area contributed by atoms with E-state index < -0.39 is 16.0 Å². The zero-order chi connectivity index (χ0) is 18.9. The molecular weight excluding hydrogens is 358 g/mol. The summed E-state index contributed by atoms with van der Waals surface area (Å²) in [6.07, 6.45) is 0. The highest BCUT2D eigenvalue weighted by Gasteiger charge is 2.33. The first-order valence-corrected chi connectivity index (χ1v) is 9.65. The van der Waals surface area contributed by atoms with Crippen LogP contribution in [0.5, 0.6) is 0 Å². The van der Waals surface area contributed by atoms with Gasteiger partial charge in [0, 0.05) is 31.9 Å². The predicted octanol–water partition coefficient (Wildman–Crippen LogP) is 1.59. The summed E-state index contributed by atoms with van der Waals surface area (Å²) >= 11 is 0. The highest BCUT2D eigenvalue weighted by Crippen LogP contribution is 2.26. The van der Waals surface area contributed by atoms with E-state index in [9.17, 15) is 13.2 Å². The van der Waals surface area contributed by atoms with Gasteiger partial charge in [-0.25, -0.2) is 13.2 Å². The summed E-state index contributed by atoms with van der Waals surface area (Å²) in [5, 5.41) is 3.74. The Labute approximate surface area is 152 Å². The van der Waals surface area contributed by atoms with Crippen LogP contribution in [0.4, 0.5) is 5.69 Å². The Bertz CT molecular complexity index is 895. The Morgan fingerprint density at radius 3 is 2.46 bits per heavy atom. The van der Waals surface area contributed by atoms with Gasteiger partial charge in [-0.1, -0.05) is 11.2 Å². The number of benzene rings is 1. The molecule has 0 bridgehead atoms. The predicted molar refractivity (Wildman–Crippen MR) is 94.7 cm³/mol. The number of anilines is 1. The third kappa shape index (κ3) is 3.32. The Balaban J connectivity index is 1.75. The zero-order valence-electron chi connectivity index (χ0n) is 14.9. The molecule has 1 aromatic carbocycles. The highest BCUT2D eigenvalue weighted by molar-refractivity contribution is 7.89. The monoisotopic (exact) mass is 379 g/mol. The maximum absolute atomic E-state index is 12.9. The lowest BCUT2D eigenvalue weighted by Crippen LogP contribution is -2.48. The van der Waals surface area contributed by atoms with Crippen LogP contribution in [0.3, 0.4) is 0 Å². The maximum atomic E-state index is 12.9. The second-order valence-electron chi connectivity index (χ2n) is 6.09. The molecule has 0 unspecified atom stereocenters. The number of hydrogen-bond donors (Lipinski definition) is 0. The molecule has 1 aliphatic heterocycles. The summed E-state index contributed by atoms with van der Waals surface area (Å²) in [7, 11) is -2.29. The van der Waals surface area contributed by atoms with Gasteiger partial charge in [-0.3, -0.25) is 0 Å². The molecule has 3 rings (SSSR count). The number of esters is 1. The molecule has 0 spiro atoms. The Hall–Kier alpha value is -2.39. The van der Waals surface area contributed by atoms with Gasteiger partial charge in [-0.15, -0.1) is 0 Å². The van der Waals surface area contributed by atoms with Crippen molar-refractivity contribution in [1.82, 2.24) is 9.46 Å². The third-order valence-electron chi connectivity index (χ3n) is 4.44. The molecule has 2 heterocycles. The number of carbonyl (C=O) groups is 1. The van der Waals surface area contributed by atoms with Crippen molar-refractivity contribution < 1.29 is 22.5 Å². The summed E-state index contributed by atoms with van der Waals surface area (Å²) in [6.45, 7) is 4.95. The van der Waals surface area contributed by atoms with Crippen molar-refractivity contribution >= 4 is 21.7 Å². The zero-order valence-corrected chi connectivity index (χ0v) is 15.7. The maximum Gasteiger partial charge on any atom is 0.337 e. The first-order chi connectivity index (χ1) is 12.3. The second kappa shape index (κ2) is 7.08. The van der Waals surface area contributed by atoms with Gasteiger partial charge >= 0.3 is 5.97 Å². The van der Waals surface area contributed by atoms with Crippen LogP contribution in [0.2, 0.25) is 0 Å². The van der Waals surface area contributed by atoms with Gasteiger partial charge in [0.05, 0.1) is 12.7 Å². The van der Waals surface area contributed by atoms with E-state index in [2.05, 4.69) is 5.16 Å². The molecule has 0 N–H and O–H groups in total.